The van der Waals surface area contributed by atoms with Gasteiger partial charge in [0.15, 0.2) is 0 Å². The Bertz CT molecular complexity index is 948. The van der Waals surface area contributed by atoms with Crippen molar-refractivity contribution in [2.75, 3.05) is 12.3 Å². The maximum Gasteiger partial charge on any atom is 0.241 e. The van der Waals surface area contributed by atoms with Gasteiger partial charge in [0.1, 0.15) is 6.04 Å². The summed E-state index contributed by atoms with van der Waals surface area (Å²) in [6.07, 6.45) is 0. The molecule has 2 atom stereocenters. The molecule has 32 heavy (non-hydrogen) atoms. The van der Waals surface area contributed by atoms with Crippen molar-refractivity contribution in [1.29, 1.82) is 0 Å². The zero-order valence-corrected chi connectivity index (χ0v) is 18.8. The molecule has 1 unspecified atom stereocenters. The molecule has 1 fully saturated rings. The lowest BCUT2D eigenvalue weighted by Gasteiger charge is -2.45. The molecule has 0 aliphatic carbocycles. The lowest BCUT2D eigenvalue weighted by atomic mass is 9.76. The van der Waals surface area contributed by atoms with Crippen molar-refractivity contribution in [3.05, 3.63) is 108 Å². The number of carbonyl (C=O) groups excluding carboxylic acids is 2. The molecule has 164 valence electrons. The highest BCUT2D eigenvalue weighted by Gasteiger charge is 2.47. The Morgan fingerprint density at radius 3 is 1.75 bits per heavy atom. The van der Waals surface area contributed by atoms with Crippen LogP contribution in [0.4, 0.5) is 0 Å². The second kappa shape index (κ2) is 10.0. The van der Waals surface area contributed by atoms with Crippen LogP contribution in [0, 0.1) is 0 Å². The number of benzene rings is 3. The average molecular weight is 446 g/mol. The van der Waals surface area contributed by atoms with Crippen LogP contribution in [0.1, 0.15) is 23.6 Å². The van der Waals surface area contributed by atoms with E-state index in [0.29, 0.717) is 6.54 Å². The van der Waals surface area contributed by atoms with Crippen molar-refractivity contribution in [2.24, 2.45) is 0 Å². The quantitative estimate of drug-likeness (QED) is 0.269. The van der Waals surface area contributed by atoms with Gasteiger partial charge in [0.05, 0.1) is 10.9 Å². The summed E-state index contributed by atoms with van der Waals surface area (Å²) in [5.74, 6) is 0.654. The van der Waals surface area contributed by atoms with E-state index in [-0.39, 0.29) is 23.2 Å². The van der Waals surface area contributed by atoms with Crippen LogP contribution in [0.3, 0.4) is 0 Å². The van der Waals surface area contributed by atoms with Crippen molar-refractivity contribution in [1.82, 2.24) is 16.0 Å². The molecule has 0 aromatic heterocycles. The van der Waals surface area contributed by atoms with Gasteiger partial charge in [-0.15, -0.1) is 11.8 Å². The van der Waals surface area contributed by atoms with E-state index in [2.05, 4.69) is 52.3 Å². The predicted molar refractivity (Wildman–Crippen MR) is 129 cm³/mol. The van der Waals surface area contributed by atoms with Crippen LogP contribution < -0.4 is 16.0 Å². The lowest BCUT2D eigenvalue weighted by Crippen LogP contribution is -2.70. The van der Waals surface area contributed by atoms with E-state index < -0.39 is 5.54 Å². The highest BCUT2D eigenvalue weighted by atomic mass is 32.2. The minimum absolute atomic E-state index is 0.0193. The van der Waals surface area contributed by atoms with Crippen molar-refractivity contribution in [2.45, 2.75) is 23.9 Å². The van der Waals surface area contributed by atoms with Crippen LogP contribution in [0.2, 0.25) is 0 Å². The Labute approximate surface area is 193 Å². The molecule has 1 heterocycles. The molecule has 4 rings (SSSR count). The molecule has 3 aromatic rings. The fourth-order valence-electron chi connectivity index (χ4n) is 4.09. The molecule has 1 aliphatic rings. The Hall–Kier alpha value is -3.09. The molecule has 0 bridgehead atoms. The van der Waals surface area contributed by atoms with Crippen molar-refractivity contribution >= 4 is 23.6 Å². The van der Waals surface area contributed by atoms with Crippen molar-refractivity contribution < 1.29 is 9.59 Å². The van der Waals surface area contributed by atoms with E-state index in [1.165, 1.54) is 6.92 Å². The molecule has 2 amide bonds. The summed E-state index contributed by atoms with van der Waals surface area (Å²) in [6.45, 7) is 2.08. The predicted octanol–water partition coefficient (Wildman–Crippen LogP) is 3.26. The molecule has 3 N–H and O–H groups in total. The van der Waals surface area contributed by atoms with Crippen LogP contribution >= 0.6 is 11.8 Å². The summed E-state index contributed by atoms with van der Waals surface area (Å²) in [5, 5.41) is 9.48. The fourth-order valence-corrected chi connectivity index (χ4v) is 5.15. The second-order valence-corrected chi connectivity index (χ2v) is 9.00. The van der Waals surface area contributed by atoms with E-state index in [1.807, 2.05) is 54.6 Å². The van der Waals surface area contributed by atoms with Crippen LogP contribution in [0.15, 0.2) is 91.0 Å². The maximum absolute atomic E-state index is 12.7. The van der Waals surface area contributed by atoms with E-state index in [9.17, 15) is 9.59 Å². The third kappa shape index (κ3) is 4.56. The average Bonchev–Trinajstić information content (AvgIpc) is 2.83. The molecule has 5 nitrogen and oxygen atoms in total. The summed E-state index contributed by atoms with van der Waals surface area (Å²) in [7, 11) is 0. The van der Waals surface area contributed by atoms with Gasteiger partial charge in [0.2, 0.25) is 11.8 Å². The van der Waals surface area contributed by atoms with E-state index in [1.54, 1.807) is 11.8 Å². The van der Waals surface area contributed by atoms with Crippen LogP contribution in [-0.2, 0) is 15.1 Å². The molecule has 3 aromatic carbocycles. The molecule has 0 radical (unpaired) electrons. The molecular formula is C26H27N3O2S. The van der Waals surface area contributed by atoms with Crippen molar-refractivity contribution in [3.8, 4) is 0 Å². The Kier molecular flexibility index (Phi) is 6.93. The zero-order valence-electron chi connectivity index (χ0n) is 18.0. The number of amides is 2. The second-order valence-electron chi connectivity index (χ2n) is 7.75. The largest absolute Gasteiger partial charge is 0.356 e. The molecule has 0 spiro atoms. The first-order chi connectivity index (χ1) is 15.6. The van der Waals surface area contributed by atoms with Gasteiger partial charge in [0, 0.05) is 19.2 Å². The number of hydrogen-bond acceptors (Lipinski definition) is 4. The number of rotatable bonds is 9. The number of nitrogens with one attached hydrogen (secondary N) is 3. The monoisotopic (exact) mass is 445 g/mol. The van der Waals surface area contributed by atoms with Crippen LogP contribution in [0.5, 0.6) is 0 Å². The molecule has 1 saturated heterocycles. The van der Waals surface area contributed by atoms with E-state index in [4.69, 9.17) is 0 Å². The summed E-state index contributed by atoms with van der Waals surface area (Å²) >= 11 is 1.63. The highest BCUT2D eigenvalue weighted by molar-refractivity contribution is 8.00. The summed E-state index contributed by atoms with van der Waals surface area (Å²) in [5.41, 5.74) is 2.51. The summed E-state index contributed by atoms with van der Waals surface area (Å²) in [4.78, 5) is 23.8. The molecule has 6 heteroatoms. The third-order valence-electron chi connectivity index (χ3n) is 5.64. The molecule has 0 saturated carbocycles. The third-order valence-corrected chi connectivity index (χ3v) is 6.82. The zero-order chi connectivity index (χ0) is 22.4. The standard InChI is InChI=1S/C26H27N3O2S/c1-19(30)27-17-18-32-25-23(24(31)28-25)29-26(20-11-5-2-6-12-20,21-13-7-3-8-14-21)22-15-9-4-10-16-22/h2-16,23,25,29H,17-18H2,1H3,(H,27,30)(H,28,31)/t23-,25?/m1/s1. The minimum atomic E-state index is -0.692. The van der Waals surface area contributed by atoms with Gasteiger partial charge < -0.3 is 10.6 Å². The van der Waals surface area contributed by atoms with Gasteiger partial charge in [-0.25, -0.2) is 0 Å². The SMILES string of the molecule is CC(=O)NCCSC1NC(=O)[C@H]1NC(c1ccccc1)(c1ccccc1)c1ccccc1. The smallest absolute Gasteiger partial charge is 0.241 e. The Morgan fingerprint density at radius 2 is 1.34 bits per heavy atom. The first kappa shape index (κ1) is 22.1. The van der Waals surface area contributed by atoms with E-state index >= 15 is 0 Å². The normalized spacial score (nSPS) is 17.8. The van der Waals surface area contributed by atoms with Crippen LogP contribution in [0.25, 0.3) is 0 Å². The van der Waals surface area contributed by atoms with Gasteiger partial charge >= 0.3 is 0 Å². The fraction of sp³-hybridized carbons (Fsp3) is 0.231. The number of thioether (sulfide) groups is 1. The number of carbonyl (C=O) groups is 2. The molecular weight excluding hydrogens is 418 g/mol. The minimum Gasteiger partial charge on any atom is -0.356 e. The first-order valence-electron chi connectivity index (χ1n) is 10.7. The van der Waals surface area contributed by atoms with Gasteiger partial charge in [-0.1, -0.05) is 91.0 Å². The Morgan fingerprint density at radius 1 is 0.875 bits per heavy atom. The lowest BCUT2D eigenvalue weighted by molar-refractivity contribution is -0.130. The first-order valence-corrected chi connectivity index (χ1v) is 11.8. The van der Waals surface area contributed by atoms with Gasteiger partial charge in [-0.05, 0) is 16.7 Å². The van der Waals surface area contributed by atoms with Crippen LogP contribution in [-0.4, -0.2) is 35.5 Å². The summed E-state index contributed by atoms with van der Waals surface area (Å²) < 4.78 is 0. The molecule has 1 aliphatic heterocycles. The van der Waals surface area contributed by atoms with Crippen molar-refractivity contribution in [3.63, 3.8) is 0 Å². The van der Waals surface area contributed by atoms with Gasteiger partial charge in [-0.3, -0.25) is 14.9 Å². The Balaban J connectivity index is 1.71. The van der Waals surface area contributed by atoms with Gasteiger partial charge in [0.25, 0.3) is 0 Å². The number of β-lactam (4-membered cyclic amide) rings is 1. The number of hydrogen-bond donors (Lipinski definition) is 3. The van der Waals surface area contributed by atoms with Gasteiger partial charge in [-0.2, -0.15) is 0 Å². The highest BCUT2D eigenvalue weighted by Crippen LogP contribution is 2.38. The topological polar surface area (TPSA) is 70.2 Å². The maximum atomic E-state index is 12.7. The summed E-state index contributed by atoms with van der Waals surface area (Å²) in [6, 6.07) is 30.4. The van der Waals surface area contributed by atoms with E-state index in [0.717, 1.165) is 22.4 Å².